The van der Waals surface area contributed by atoms with Crippen molar-refractivity contribution >= 4 is 33.2 Å². The molecule has 1 amide bonds. The van der Waals surface area contributed by atoms with Crippen LogP contribution in [0.2, 0.25) is 0 Å². The van der Waals surface area contributed by atoms with E-state index in [2.05, 4.69) is 57.3 Å². The molecule has 2 heterocycles. The van der Waals surface area contributed by atoms with E-state index in [1.54, 1.807) is 0 Å². The monoisotopic (exact) mass is 442 g/mol. The van der Waals surface area contributed by atoms with E-state index in [0.717, 1.165) is 28.8 Å². The van der Waals surface area contributed by atoms with Gasteiger partial charge in [0.05, 0.1) is 5.41 Å². The molecular weight excluding hydrogens is 416 g/mol. The van der Waals surface area contributed by atoms with Crippen molar-refractivity contribution in [2.75, 3.05) is 36.5 Å². The number of ether oxygens (including phenoxy) is 1. The minimum absolute atomic E-state index is 0.0615. The SMILES string of the molecule is Cc1cc(NC(=O)C2(c3ccc(Br)cc3)CCOCC2)ccc1N1CCCC1. The van der Waals surface area contributed by atoms with Crippen LogP contribution in [0.25, 0.3) is 0 Å². The average molecular weight is 443 g/mol. The number of aryl methyl sites for hydroxylation is 1. The third-order valence-corrected chi connectivity index (χ3v) is 6.61. The van der Waals surface area contributed by atoms with Crippen molar-refractivity contribution in [2.24, 2.45) is 0 Å². The Bertz CT molecular complexity index is 838. The van der Waals surface area contributed by atoms with Gasteiger partial charge in [-0.2, -0.15) is 0 Å². The highest BCUT2D eigenvalue weighted by Gasteiger charge is 2.41. The summed E-state index contributed by atoms with van der Waals surface area (Å²) in [6.07, 6.45) is 3.92. The zero-order chi connectivity index (χ0) is 19.6. The lowest BCUT2D eigenvalue weighted by atomic mass is 9.73. The standard InChI is InChI=1S/C23H27BrN2O2/c1-17-16-20(8-9-21(17)26-12-2-3-13-26)25-22(27)23(10-14-28-15-11-23)18-4-6-19(24)7-5-18/h4-9,16H,2-3,10-15H2,1H3,(H,25,27). The van der Waals surface area contributed by atoms with Gasteiger partial charge < -0.3 is 15.0 Å². The van der Waals surface area contributed by atoms with E-state index in [9.17, 15) is 4.79 Å². The van der Waals surface area contributed by atoms with E-state index < -0.39 is 5.41 Å². The summed E-state index contributed by atoms with van der Waals surface area (Å²) in [5.41, 5.74) is 3.88. The molecule has 2 fully saturated rings. The van der Waals surface area contributed by atoms with E-state index in [1.807, 2.05) is 18.2 Å². The number of halogens is 1. The average Bonchev–Trinajstić information content (AvgIpc) is 3.23. The predicted molar refractivity (Wildman–Crippen MR) is 117 cm³/mol. The third kappa shape index (κ3) is 3.83. The van der Waals surface area contributed by atoms with Crippen LogP contribution in [-0.4, -0.2) is 32.2 Å². The van der Waals surface area contributed by atoms with Gasteiger partial charge in [0.25, 0.3) is 0 Å². The molecule has 2 aliphatic heterocycles. The second-order valence-electron chi connectivity index (χ2n) is 7.85. The number of carbonyl (C=O) groups excluding carboxylic acids is 1. The molecule has 2 aromatic rings. The zero-order valence-corrected chi connectivity index (χ0v) is 17.9. The smallest absolute Gasteiger partial charge is 0.235 e. The highest BCUT2D eigenvalue weighted by molar-refractivity contribution is 9.10. The molecule has 0 aromatic heterocycles. The van der Waals surface area contributed by atoms with Crippen LogP contribution in [0.5, 0.6) is 0 Å². The van der Waals surface area contributed by atoms with Gasteiger partial charge in [-0.25, -0.2) is 0 Å². The zero-order valence-electron chi connectivity index (χ0n) is 16.3. The van der Waals surface area contributed by atoms with Crippen LogP contribution in [0.15, 0.2) is 46.9 Å². The van der Waals surface area contributed by atoms with E-state index in [0.29, 0.717) is 26.1 Å². The number of nitrogens with zero attached hydrogens (tertiary/aromatic N) is 1. The normalized spacial score (nSPS) is 18.9. The highest BCUT2D eigenvalue weighted by atomic mass is 79.9. The van der Waals surface area contributed by atoms with Crippen molar-refractivity contribution in [3.05, 3.63) is 58.1 Å². The molecule has 148 valence electrons. The van der Waals surface area contributed by atoms with Gasteiger partial charge in [-0.3, -0.25) is 4.79 Å². The van der Waals surface area contributed by atoms with Gasteiger partial charge in [0.15, 0.2) is 0 Å². The van der Waals surface area contributed by atoms with Crippen molar-refractivity contribution < 1.29 is 9.53 Å². The number of benzene rings is 2. The maximum atomic E-state index is 13.4. The Balaban J connectivity index is 1.58. The summed E-state index contributed by atoms with van der Waals surface area (Å²) in [6, 6.07) is 14.4. The Morgan fingerprint density at radius 1 is 1.07 bits per heavy atom. The molecule has 0 aliphatic carbocycles. The first-order chi connectivity index (χ1) is 13.6. The summed E-state index contributed by atoms with van der Waals surface area (Å²) >= 11 is 3.49. The van der Waals surface area contributed by atoms with Crippen molar-refractivity contribution in [1.82, 2.24) is 0 Å². The van der Waals surface area contributed by atoms with Gasteiger partial charge in [0.1, 0.15) is 0 Å². The number of rotatable bonds is 4. The number of anilines is 2. The lowest BCUT2D eigenvalue weighted by Crippen LogP contribution is -2.44. The second kappa shape index (κ2) is 8.26. The molecule has 2 saturated heterocycles. The maximum Gasteiger partial charge on any atom is 0.235 e. The molecule has 0 unspecified atom stereocenters. The first-order valence-electron chi connectivity index (χ1n) is 10.1. The summed E-state index contributed by atoms with van der Waals surface area (Å²) in [4.78, 5) is 15.9. The van der Waals surface area contributed by atoms with Crippen molar-refractivity contribution in [3.63, 3.8) is 0 Å². The van der Waals surface area contributed by atoms with Gasteiger partial charge in [0.2, 0.25) is 5.91 Å². The summed E-state index contributed by atoms with van der Waals surface area (Å²) in [7, 11) is 0. The van der Waals surface area contributed by atoms with Gasteiger partial charge in [-0.05, 0) is 74.1 Å². The quantitative estimate of drug-likeness (QED) is 0.720. The summed E-state index contributed by atoms with van der Waals surface area (Å²) < 4.78 is 6.59. The van der Waals surface area contributed by atoms with Gasteiger partial charge in [0, 0.05) is 42.2 Å². The number of hydrogen-bond donors (Lipinski definition) is 1. The largest absolute Gasteiger partial charge is 0.381 e. The third-order valence-electron chi connectivity index (χ3n) is 6.08. The molecular formula is C23H27BrN2O2. The Morgan fingerprint density at radius 2 is 1.75 bits per heavy atom. The first-order valence-corrected chi connectivity index (χ1v) is 10.9. The molecule has 2 aromatic carbocycles. The van der Waals surface area contributed by atoms with E-state index in [4.69, 9.17) is 4.74 Å². The lowest BCUT2D eigenvalue weighted by molar-refractivity contribution is -0.125. The minimum atomic E-state index is -0.541. The van der Waals surface area contributed by atoms with Crippen LogP contribution in [-0.2, 0) is 14.9 Å². The highest BCUT2D eigenvalue weighted by Crippen LogP contribution is 2.37. The predicted octanol–water partition coefficient (Wildman–Crippen LogP) is 5.04. The van der Waals surface area contributed by atoms with Crippen molar-refractivity contribution in [2.45, 2.75) is 38.0 Å². The van der Waals surface area contributed by atoms with Crippen LogP contribution < -0.4 is 10.2 Å². The Morgan fingerprint density at radius 3 is 2.39 bits per heavy atom. The van der Waals surface area contributed by atoms with Gasteiger partial charge in [-0.1, -0.05) is 28.1 Å². The number of carbonyl (C=O) groups is 1. The lowest BCUT2D eigenvalue weighted by Gasteiger charge is -2.36. The summed E-state index contributed by atoms with van der Waals surface area (Å²) in [6.45, 7) is 5.59. The summed E-state index contributed by atoms with van der Waals surface area (Å²) in [5.74, 6) is 0.0615. The van der Waals surface area contributed by atoms with Crippen molar-refractivity contribution in [1.29, 1.82) is 0 Å². The Hall–Kier alpha value is -1.85. The first kappa shape index (κ1) is 19.5. The van der Waals surface area contributed by atoms with E-state index in [1.165, 1.54) is 24.1 Å². The molecule has 0 radical (unpaired) electrons. The minimum Gasteiger partial charge on any atom is -0.381 e. The molecule has 2 aliphatic rings. The Kier molecular flexibility index (Phi) is 5.74. The molecule has 0 atom stereocenters. The topological polar surface area (TPSA) is 41.6 Å². The van der Waals surface area contributed by atoms with Crippen LogP contribution in [0.1, 0.15) is 36.8 Å². The van der Waals surface area contributed by atoms with Crippen LogP contribution >= 0.6 is 15.9 Å². The molecule has 4 rings (SSSR count). The molecule has 0 saturated carbocycles. The van der Waals surface area contributed by atoms with Crippen LogP contribution in [0, 0.1) is 6.92 Å². The number of nitrogens with one attached hydrogen (secondary N) is 1. The van der Waals surface area contributed by atoms with Gasteiger partial charge >= 0.3 is 0 Å². The van der Waals surface area contributed by atoms with Gasteiger partial charge in [-0.15, -0.1) is 0 Å². The molecule has 4 nitrogen and oxygen atoms in total. The maximum absolute atomic E-state index is 13.4. The Labute approximate surface area is 175 Å². The molecule has 1 N–H and O–H groups in total. The molecule has 5 heteroatoms. The molecule has 28 heavy (non-hydrogen) atoms. The fourth-order valence-electron chi connectivity index (χ4n) is 4.43. The molecule has 0 bridgehead atoms. The van der Waals surface area contributed by atoms with Crippen LogP contribution in [0.3, 0.4) is 0 Å². The van der Waals surface area contributed by atoms with E-state index in [-0.39, 0.29) is 5.91 Å². The number of hydrogen-bond acceptors (Lipinski definition) is 3. The number of amides is 1. The fraction of sp³-hybridized carbons (Fsp3) is 0.435. The van der Waals surface area contributed by atoms with Crippen molar-refractivity contribution in [3.8, 4) is 0 Å². The second-order valence-corrected chi connectivity index (χ2v) is 8.77. The molecule has 0 spiro atoms. The van der Waals surface area contributed by atoms with Crippen LogP contribution in [0.4, 0.5) is 11.4 Å². The summed E-state index contributed by atoms with van der Waals surface area (Å²) in [5, 5.41) is 3.20. The fourth-order valence-corrected chi connectivity index (χ4v) is 4.70. The van der Waals surface area contributed by atoms with E-state index >= 15 is 0 Å².